The van der Waals surface area contributed by atoms with Crippen LogP contribution in [0.4, 0.5) is 0 Å². The number of rotatable bonds is 17. The summed E-state index contributed by atoms with van der Waals surface area (Å²) in [7, 11) is 0. The van der Waals surface area contributed by atoms with Crippen LogP contribution in [0, 0.1) is 0 Å². The van der Waals surface area contributed by atoms with E-state index in [1.807, 2.05) is 0 Å². The van der Waals surface area contributed by atoms with Crippen LogP contribution in [0.2, 0.25) is 0 Å². The Labute approximate surface area is 183 Å². The van der Waals surface area contributed by atoms with Crippen LogP contribution < -0.4 is 0 Å². The van der Waals surface area contributed by atoms with E-state index in [9.17, 15) is 14.4 Å². The van der Waals surface area contributed by atoms with Crippen molar-refractivity contribution in [3.63, 3.8) is 0 Å². The lowest BCUT2D eigenvalue weighted by atomic mass is 10.1. The monoisotopic (exact) mass is 426 g/mol. The molecule has 0 heterocycles. The molecule has 0 N–H and O–H groups in total. The molecule has 0 fully saturated rings. The maximum atomic E-state index is 11.4. The van der Waals surface area contributed by atoms with Crippen LogP contribution in [-0.4, -0.2) is 31.1 Å². The molecule has 0 amide bonds. The van der Waals surface area contributed by atoms with Crippen LogP contribution in [0.5, 0.6) is 0 Å². The number of unbranched alkanes of at least 4 members (excludes halogenated alkanes) is 10. The van der Waals surface area contributed by atoms with E-state index in [2.05, 4.69) is 25.2 Å². The van der Waals surface area contributed by atoms with Crippen molar-refractivity contribution >= 4 is 17.9 Å². The van der Waals surface area contributed by atoms with Crippen molar-refractivity contribution in [1.29, 1.82) is 0 Å². The highest BCUT2D eigenvalue weighted by atomic mass is 16.5. The first-order valence-corrected chi connectivity index (χ1v) is 11.3. The molecule has 174 valence electrons. The van der Waals surface area contributed by atoms with Gasteiger partial charge in [-0.05, 0) is 12.8 Å². The lowest BCUT2D eigenvalue weighted by Crippen LogP contribution is -2.06. The minimum Gasteiger partial charge on any atom is -0.463 e. The summed E-state index contributed by atoms with van der Waals surface area (Å²) in [6.45, 7) is 9.69. The SMILES string of the molecule is C=COC(C)=O.CCCCCCCCOC(=O)C=CC(=O)OCCCCCCCC. The van der Waals surface area contributed by atoms with Crippen molar-refractivity contribution in [3.05, 3.63) is 25.0 Å². The van der Waals surface area contributed by atoms with E-state index in [-0.39, 0.29) is 5.97 Å². The fraction of sp³-hybridized carbons (Fsp3) is 0.708. The molecule has 0 atom stereocenters. The average molecular weight is 427 g/mol. The van der Waals surface area contributed by atoms with Gasteiger partial charge in [-0.25, -0.2) is 9.59 Å². The van der Waals surface area contributed by atoms with Crippen LogP contribution in [0.15, 0.2) is 25.0 Å². The molecule has 0 saturated heterocycles. The zero-order chi connectivity index (χ0) is 22.9. The number of hydrogen-bond donors (Lipinski definition) is 0. The molecule has 0 aliphatic carbocycles. The van der Waals surface area contributed by atoms with Crippen LogP contribution >= 0.6 is 0 Å². The van der Waals surface area contributed by atoms with Gasteiger partial charge in [-0.1, -0.05) is 84.6 Å². The molecule has 0 aromatic carbocycles. The standard InChI is InChI=1S/C20H36O4.C4H6O2/c1-3-5-7-9-11-13-17-23-19(21)15-16-20(22)24-18-14-12-10-8-6-4-2;1-3-6-4(2)5/h15-16H,3-14,17-18H2,1-2H3;3H,1H2,2H3. The lowest BCUT2D eigenvalue weighted by Gasteiger charge is -2.03. The lowest BCUT2D eigenvalue weighted by molar-refractivity contribution is -0.140. The average Bonchev–Trinajstić information content (AvgIpc) is 2.71. The molecule has 0 unspecified atom stereocenters. The molecule has 0 spiro atoms. The van der Waals surface area contributed by atoms with Gasteiger partial charge in [0.05, 0.1) is 19.5 Å². The minimum absolute atomic E-state index is 0.329. The molecule has 0 rings (SSSR count). The second kappa shape index (κ2) is 24.9. The van der Waals surface area contributed by atoms with Gasteiger partial charge < -0.3 is 14.2 Å². The van der Waals surface area contributed by atoms with E-state index >= 15 is 0 Å². The summed E-state index contributed by atoms with van der Waals surface area (Å²) < 4.78 is 14.3. The van der Waals surface area contributed by atoms with Gasteiger partial charge in [0.2, 0.25) is 0 Å². The first kappa shape index (κ1) is 30.1. The van der Waals surface area contributed by atoms with Crippen molar-refractivity contribution in [1.82, 2.24) is 0 Å². The highest BCUT2D eigenvalue weighted by Gasteiger charge is 2.01. The predicted octanol–water partition coefficient (Wildman–Crippen LogP) is 6.04. The Bertz CT molecular complexity index is 438. The molecule has 0 bridgehead atoms. The number of ether oxygens (including phenoxy) is 3. The fourth-order valence-electron chi connectivity index (χ4n) is 2.46. The highest BCUT2D eigenvalue weighted by Crippen LogP contribution is 2.06. The highest BCUT2D eigenvalue weighted by molar-refractivity contribution is 5.91. The third kappa shape index (κ3) is 28.1. The second-order valence-corrected chi connectivity index (χ2v) is 6.98. The molecule has 6 heteroatoms. The minimum atomic E-state index is -0.472. The molecule has 0 aromatic rings. The summed E-state index contributed by atoms with van der Waals surface area (Å²) in [6.07, 6.45) is 17.2. The van der Waals surface area contributed by atoms with Crippen LogP contribution in [0.3, 0.4) is 0 Å². The summed E-state index contributed by atoms with van der Waals surface area (Å²) >= 11 is 0. The largest absolute Gasteiger partial charge is 0.463 e. The summed E-state index contributed by atoms with van der Waals surface area (Å²) in [5.74, 6) is -1.27. The maximum absolute atomic E-state index is 11.4. The number of esters is 3. The van der Waals surface area contributed by atoms with E-state index in [0.29, 0.717) is 13.2 Å². The van der Waals surface area contributed by atoms with Gasteiger partial charge in [-0.15, -0.1) is 0 Å². The van der Waals surface area contributed by atoms with Crippen molar-refractivity contribution in [2.45, 2.75) is 97.8 Å². The normalized spacial score (nSPS) is 10.1. The Morgan fingerprint density at radius 3 is 1.33 bits per heavy atom. The fourth-order valence-corrected chi connectivity index (χ4v) is 2.46. The van der Waals surface area contributed by atoms with Crippen LogP contribution in [-0.2, 0) is 28.6 Å². The molecule has 6 nitrogen and oxygen atoms in total. The molecule has 0 aliphatic heterocycles. The van der Waals surface area contributed by atoms with Gasteiger partial charge in [0.1, 0.15) is 0 Å². The van der Waals surface area contributed by atoms with Gasteiger partial charge in [0, 0.05) is 19.1 Å². The third-order valence-electron chi connectivity index (χ3n) is 4.09. The Morgan fingerprint density at radius 1 is 0.667 bits per heavy atom. The van der Waals surface area contributed by atoms with Crippen molar-refractivity contribution in [3.8, 4) is 0 Å². The molecule has 0 aromatic heterocycles. The Hall–Kier alpha value is -2.11. The van der Waals surface area contributed by atoms with Crippen molar-refractivity contribution < 1.29 is 28.6 Å². The van der Waals surface area contributed by atoms with E-state index in [4.69, 9.17) is 9.47 Å². The number of carbonyl (C=O) groups is 3. The summed E-state index contributed by atoms with van der Waals surface area (Å²) in [5, 5.41) is 0. The van der Waals surface area contributed by atoms with Gasteiger partial charge in [-0.2, -0.15) is 0 Å². The molecular weight excluding hydrogens is 384 g/mol. The number of carbonyl (C=O) groups excluding carboxylic acids is 3. The van der Waals surface area contributed by atoms with Crippen molar-refractivity contribution in [2.75, 3.05) is 13.2 Å². The molecule has 0 saturated carbocycles. The van der Waals surface area contributed by atoms with E-state index in [0.717, 1.165) is 44.1 Å². The zero-order valence-corrected chi connectivity index (χ0v) is 19.3. The zero-order valence-electron chi connectivity index (χ0n) is 19.3. The third-order valence-corrected chi connectivity index (χ3v) is 4.09. The van der Waals surface area contributed by atoms with E-state index in [1.54, 1.807) is 0 Å². The van der Waals surface area contributed by atoms with Gasteiger partial charge >= 0.3 is 17.9 Å². The van der Waals surface area contributed by atoms with Gasteiger partial charge in [-0.3, -0.25) is 4.79 Å². The summed E-state index contributed by atoms with van der Waals surface area (Å²) in [5.41, 5.74) is 0. The Kier molecular flexibility index (Phi) is 25.0. The summed E-state index contributed by atoms with van der Waals surface area (Å²) in [4.78, 5) is 32.6. The maximum Gasteiger partial charge on any atom is 0.331 e. The van der Waals surface area contributed by atoms with Crippen LogP contribution in [0.1, 0.15) is 97.8 Å². The second-order valence-electron chi connectivity index (χ2n) is 6.98. The topological polar surface area (TPSA) is 78.9 Å². The van der Waals surface area contributed by atoms with Gasteiger partial charge in [0.15, 0.2) is 0 Å². The van der Waals surface area contributed by atoms with E-state index in [1.165, 1.54) is 58.3 Å². The van der Waals surface area contributed by atoms with E-state index < -0.39 is 11.9 Å². The first-order chi connectivity index (χ1) is 14.5. The smallest absolute Gasteiger partial charge is 0.331 e. The summed E-state index contributed by atoms with van der Waals surface area (Å²) in [6, 6.07) is 0. The Morgan fingerprint density at radius 2 is 1.03 bits per heavy atom. The first-order valence-electron chi connectivity index (χ1n) is 11.3. The molecular formula is C24H42O6. The van der Waals surface area contributed by atoms with Gasteiger partial charge in [0.25, 0.3) is 0 Å². The molecule has 0 aliphatic rings. The number of hydrogen-bond acceptors (Lipinski definition) is 6. The van der Waals surface area contributed by atoms with Crippen molar-refractivity contribution in [2.24, 2.45) is 0 Å². The molecule has 30 heavy (non-hydrogen) atoms. The Balaban J connectivity index is 0. The molecule has 0 radical (unpaired) electrons. The van der Waals surface area contributed by atoms with Crippen LogP contribution in [0.25, 0.3) is 0 Å². The quantitative estimate of drug-likeness (QED) is 0.0927. The predicted molar refractivity (Wildman–Crippen MR) is 120 cm³/mol.